The average Bonchev–Trinajstić information content (AvgIpc) is 2.83. The summed E-state index contributed by atoms with van der Waals surface area (Å²) < 4.78 is 6.22. The first kappa shape index (κ1) is 14.6. The Bertz CT molecular complexity index is 650. The van der Waals surface area contributed by atoms with Crippen molar-refractivity contribution < 1.29 is 19.1 Å². The van der Waals surface area contributed by atoms with Crippen LogP contribution in [0, 0.1) is 0 Å². The number of amides is 1. The number of carbonyl (C=O) groups excluding carboxylic acids is 1. The lowest BCUT2D eigenvalue weighted by molar-refractivity contribution is -0.139. The van der Waals surface area contributed by atoms with Crippen LogP contribution in [0.4, 0.5) is 0 Å². The lowest BCUT2D eigenvalue weighted by Gasteiger charge is -2.11. The molecule has 1 aromatic heterocycles. The third kappa shape index (κ3) is 3.01. The first-order valence-corrected chi connectivity index (χ1v) is 7.04. The highest BCUT2D eigenvalue weighted by Gasteiger charge is 2.22. The predicted molar refractivity (Wildman–Crippen MR) is 77.7 cm³/mol. The van der Waals surface area contributed by atoms with Gasteiger partial charge in [0.1, 0.15) is 11.6 Å². The van der Waals surface area contributed by atoms with Crippen molar-refractivity contribution >= 4 is 38.8 Å². The van der Waals surface area contributed by atoms with E-state index in [1.54, 1.807) is 6.07 Å². The molecule has 6 heteroatoms. The van der Waals surface area contributed by atoms with Gasteiger partial charge in [0.05, 0.1) is 4.47 Å². The smallest absolute Gasteiger partial charge is 0.326 e. The quantitative estimate of drug-likeness (QED) is 0.876. The van der Waals surface area contributed by atoms with Gasteiger partial charge in [0, 0.05) is 5.39 Å². The molecule has 0 aliphatic heterocycles. The van der Waals surface area contributed by atoms with Gasteiger partial charge in [0.15, 0.2) is 5.76 Å². The van der Waals surface area contributed by atoms with E-state index < -0.39 is 17.9 Å². The van der Waals surface area contributed by atoms with Crippen molar-refractivity contribution in [2.24, 2.45) is 0 Å². The van der Waals surface area contributed by atoms with Crippen molar-refractivity contribution in [3.05, 3.63) is 34.5 Å². The number of nitrogens with one attached hydrogen (secondary N) is 1. The Morgan fingerprint density at radius 3 is 2.80 bits per heavy atom. The number of fused-ring (bicyclic) bond motifs is 1. The number of para-hydroxylation sites is 1. The minimum absolute atomic E-state index is 0.106. The van der Waals surface area contributed by atoms with Crippen LogP contribution in [0.2, 0.25) is 0 Å². The van der Waals surface area contributed by atoms with E-state index in [1.165, 1.54) is 0 Å². The highest BCUT2D eigenvalue weighted by molar-refractivity contribution is 9.10. The van der Waals surface area contributed by atoms with E-state index >= 15 is 0 Å². The fourth-order valence-electron chi connectivity index (χ4n) is 1.91. The maximum atomic E-state index is 12.0. The first-order valence-electron chi connectivity index (χ1n) is 6.24. The SMILES string of the molecule is CCCC(NC(=O)c1cc2cccc(Br)c2o1)C(=O)O. The van der Waals surface area contributed by atoms with E-state index in [0.29, 0.717) is 18.4 Å². The number of benzene rings is 1. The second kappa shape index (κ2) is 6.09. The summed E-state index contributed by atoms with van der Waals surface area (Å²) in [5.74, 6) is -1.46. The molecule has 2 N–H and O–H groups in total. The Labute approximate surface area is 124 Å². The number of hydrogen-bond acceptors (Lipinski definition) is 3. The molecule has 5 nitrogen and oxygen atoms in total. The minimum Gasteiger partial charge on any atom is -0.480 e. The molecule has 0 bridgehead atoms. The van der Waals surface area contributed by atoms with Crippen LogP contribution in [0.1, 0.15) is 30.3 Å². The number of furan rings is 1. The third-order valence-electron chi connectivity index (χ3n) is 2.90. The molecule has 20 heavy (non-hydrogen) atoms. The van der Waals surface area contributed by atoms with Gasteiger partial charge in [-0.2, -0.15) is 0 Å². The van der Waals surface area contributed by atoms with Crippen molar-refractivity contribution in [2.45, 2.75) is 25.8 Å². The molecule has 106 valence electrons. The molecule has 0 aliphatic carbocycles. The Morgan fingerprint density at radius 1 is 1.45 bits per heavy atom. The maximum Gasteiger partial charge on any atom is 0.326 e. The van der Waals surface area contributed by atoms with Gasteiger partial charge in [-0.25, -0.2) is 4.79 Å². The van der Waals surface area contributed by atoms with Crippen LogP contribution in [-0.2, 0) is 4.79 Å². The highest BCUT2D eigenvalue weighted by Crippen LogP contribution is 2.26. The van der Waals surface area contributed by atoms with Crippen LogP contribution in [0.15, 0.2) is 33.2 Å². The van der Waals surface area contributed by atoms with E-state index in [2.05, 4.69) is 21.2 Å². The van der Waals surface area contributed by atoms with Crippen LogP contribution in [-0.4, -0.2) is 23.0 Å². The van der Waals surface area contributed by atoms with Gasteiger partial charge < -0.3 is 14.8 Å². The minimum atomic E-state index is -1.04. The molecule has 1 unspecified atom stereocenters. The van der Waals surface area contributed by atoms with E-state index in [4.69, 9.17) is 9.52 Å². The zero-order valence-electron chi connectivity index (χ0n) is 10.9. The molecule has 0 aliphatic rings. The molecule has 0 spiro atoms. The summed E-state index contributed by atoms with van der Waals surface area (Å²) in [6.07, 6.45) is 1.05. The number of carboxylic acids is 1. The molecule has 1 aromatic carbocycles. The van der Waals surface area contributed by atoms with E-state index in [9.17, 15) is 9.59 Å². The van der Waals surface area contributed by atoms with Crippen molar-refractivity contribution in [3.63, 3.8) is 0 Å². The van der Waals surface area contributed by atoms with Gasteiger partial charge in [-0.3, -0.25) is 4.79 Å². The molecule has 0 radical (unpaired) electrons. The Morgan fingerprint density at radius 2 is 2.20 bits per heavy atom. The molecule has 0 saturated heterocycles. The molecule has 1 atom stereocenters. The van der Waals surface area contributed by atoms with E-state index in [-0.39, 0.29) is 5.76 Å². The molecule has 2 rings (SSSR count). The standard InChI is InChI=1S/C14H14BrNO4/c1-2-4-10(14(18)19)16-13(17)11-7-8-5-3-6-9(15)12(8)20-11/h3,5-7,10H,2,4H2,1H3,(H,16,17)(H,18,19). The fourth-order valence-corrected chi connectivity index (χ4v) is 2.38. The summed E-state index contributed by atoms with van der Waals surface area (Å²) in [4.78, 5) is 23.1. The van der Waals surface area contributed by atoms with Gasteiger partial charge >= 0.3 is 5.97 Å². The summed E-state index contributed by atoms with van der Waals surface area (Å²) >= 11 is 3.34. The number of carboxylic acid groups (broad SMARTS) is 1. The van der Waals surface area contributed by atoms with Gasteiger partial charge in [0.25, 0.3) is 5.91 Å². The van der Waals surface area contributed by atoms with Crippen LogP contribution in [0.25, 0.3) is 11.0 Å². The summed E-state index contributed by atoms with van der Waals surface area (Å²) in [6, 6.07) is 6.16. The predicted octanol–water partition coefficient (Wildman–Crippen LogP) is 3.18. The second-order valence-corrected chi connectivity index (χ2v) is 5.28. The maximum absolute atomic E-state index is 12.0. The number of rotatable bonds is 5. The topological polar surface area (TPSA) is 79.5 Å². The monoisotopic (exact) mass is 339 g/mol. The van der Waals surface area contributed by atoms with Crippen molar-refractivity contribution in [1.29, 1.82) is 0 Å². The van der Waals surface area contributed by atoms with Crippen molar-refractivity contribution in [3.8, 4) is 0 Å². The van der Waals surface area contributed by atoms with Crippen molar-refractivity contribution in [2.75, 3.05) is 0 Å². The fraction of sp³-hybridized carbons (Fsp3) is 0.286. The summed E-state index contributed by atoms with van der Waals surface area (Å²) in [5.41, 5.74) is 0.569. The number of hydrogen-bond donors (Lipinski definition) is 2. The normalized spacial score (nSPS) is 12.3. The first-order chi connectivity index (χ1) is 9.52. The zero-order valence-corrected chi connectivity index (χ0v) is 12.4. The molecular formula is C14H14BrNO4. The Kier molecular flexibility index (Phi) is 4.44. The largest absolute Gasteiger partial charge is 0.480 e. The van der Waals surface area contributed by atoms with Gasteiger partial charge in [0.2, 0.25) is 0 Å². The van der Waals surface area contributed by atoms with Gasteiger partial charge in [-0.05, 0) is 34.5 Å². The zero-order chi connectivity index (χ0) is 14.7. The molecular weight excluding hydrogens is 326 g/mol. The second-order valence-electron chi connectivity index (χ2n) is 4.42. The lowest BCUT2D eigenvalue weighted by Crippen LogP contribution is -2.40. The van der Waals surface area contributed by atoms with Crippen LogP contribution >= 0.6 is 15.9 Å². The molecule has 0 saturated carbocycles. The van der Waals surface area contributed by atoms with Crippen LogP contribution < -0.4 is 5.32 Å². The number of carbonyl (C=O) groups is 2. The lowest BCUT2D eigenvalue weighted by atomic mass is 10.1. The Hall–Kier alpha value is -1.82. The van der Waals surface area contributed by atoms with Crippen LogP contribution in [0.3, 0.4) is 0 Å². The number of aliphatic carboxylic acids is 1. The van der Waals surface area contributed by atoms with E-state index in [1.807, 2.05) is 25.1 Å². The molecule has 2 aromatic rings. The summed E-state index contributed by atoms with van der Waals surface area (Å²) in [6.45, 7) is 1.86. The molecule has 1 heterocycles. The Balaban J connectivity index is 2.22. The summed E-state index contributed by atoms with van der Waals surface area (Å²) in [5, 5.41) is 12.3. The number of halogens is 1. The summed E-state index contributed by atoms with van der Waals surface area (Å²) in [7, 11) is 0. The van der Waals surface area contributed by atoms with E-state index in [0.717, 1.165) is 9.86 Å². The highest BCUT2D eigenvalue weighted by atomic mass is 79.9. The van der Waals surface area contributed by atoms with Gasteiger partial charge in [-0.1, -0.05) is 25.5 Å². The molecule has 1 amide bonds. The van der Waals surface area contributed by atoms with Crippen molar-refractivity contribution in [1.82, 2.24) is 5.32 Å². The van der Waals surface area contributed by atoms with Crippen LogP contribution in [0.5, 0.6) is 0 Å². The van der Waals surface area contributed by atoms with Gasteiger partial charge in [-0.15, -0.1) is 0 Å². The average molecular weight is 340 g/mol. The third-order valence-corrected chi connectivity index (χ3v) is 3.53. The molecule has 0 fully saturated rings.